The molecule has 0 radical (unpaired) electrons. The van der Waals surface area contributed by atoms with Gasteiger partial charge in [0, 0.05) is 26.2 Å². The van der Waals surface area contributed by atoms with Gasteiger partial charge in [-0.3, -0.25) is 4.98 Å². The van der Waals surface area contributed by atoms with Gasteiger partial charge in [-0.1, -0.05) is 24.3 Å². The number of ether oxygens (including phenoxy) is 1. The van der Waals surface area contributed by atoms with Crippen LogP contribution in [0.4, 0.5) is 11.5 Å². The minimum atomic E-state index is 0.922. The molecular formula is C19H20N4O. The molecule has 0 saturated carbocycles. The Kier molecular flexibility index (Phi) is 3.91. The lowest BCUT2D eigenvalue weighted by atomic mass is 10.2. The molecule has 0 atom stereocenters. The van der Waals surface area contributed by atoms with Crippen LogP contribution in [0.2, 0.25) is 0 Å². The van der Waals surface area contributed by atoms with E-state index in [0.717, 1.165) is 54.5 Å². The summed E-state index contributed by atoms with van der Waals surface area (Å²) in [5, 5.41) is 0. The van der Waals surface area contributed by atoms with Crippen molar-refractivity contribution in [2.75, 3.05) is 43.1 Å². The van der Waals surface area contributed by atoms with E-state index in [0.29, 0.717) is 0 Å². The summed E-state index contributed by atoms with van der Waals surface area (Å²) in [6.45, 7) is 3.72. The smallest absolute Gasteiger partial charge is 0.147 e. The van der Waals surface area contributed by atoms with Gasteiger partial charge in [-0.05, 0) is 24.3 Å². The number of benzene rings is 2. The number of rotatable bonds is 3. The van der Waals surface area contributed by atoms with Gasteiger partial charge in [0.25, 0.3) is 0 Å². The van der Waals surface area contributed by atoms with Gasteiger partial charge in [-0.2, -0.15) is 0 Å². The second kappa shape index (κ2) is 6.35. The number of aromatic nitrogens is 2. The summed E-state index contributed by atoms with van der Waals surface area (Å²) < 4.78 is 5.48. The van der Waals surface area contributed by atoms with E-state index in [-0.39, 0.29) is 0 Å². The number of para-hydroxylation sites is 4. The van der Waals surface area contributed by atoms with Crippen molar-refractivity contribution in [1.29, 1.82) is 0 Å². The number of hydrogen-bond donors (Lipinski definition) is 0. The zero-order chi connectivity index (χ0) is 16.4. The summed E-state index contributed by atoms with van der Waals surface area (Å²) in [6, 6.07) is 16.2. The zero-order valence-electron chi connectivity index (χ0n) is 13.7. The molecule has 0 unspecified atom stereocenters. The molecule has 0 amide bonds. The summed E-state index contributed by atoms with van der Waals surface area (Å²) in [6.07, 6.45) is 1.88. The first-order chi connectivity index (χ1) is 11.8. The second-order valence-electron chi connectivity index (χ2n) is 5.86. The van der Waals surface area contributed by atoms with E-state index in [9.17, 15) is 0 Å². The van der Waals surface area contributed by atoms with E-state index in [1.165, 1.54) is 0 Å². The number of fused-ring (bicyclic) bond motifs is 1. The first-order valence-corrected chi connectivity index (χ1v) is 8.20. The summed E-state index contributed by atoms with van der Waals surface area (Å²) in [5.74, 6) is 1.88. The molecule has 5 nitrogen and oxygen atoms in total. The third-order valence-corrected chi connectivity index (χ3v) is 4.47. The molecule has 122 valence electrons. The Morgan fingerprint density at radius 1 is 0.833 bits per heavy atom. The molecule has 4 rings (SSSR count). The van der Waals surface area contributed by atoms with Gasteiger partial charge in [0.1, 0.15) is 11.6 Å². The number of nitrogens with zero attached hydrogens (tertiary/aromatic N) is 4. The van der Waals surface area contributed by atoms with E-state index in [4.69, 9.17) is 9.72 Å². The number of methoxy groups -OCH3 is 1. The molecule has 1 aliphatic heterocycles. The largest absolute Gasteiger partial charge is 0.495 e. The van der Waals surface area contributed by atoms with Crippen LogP contribution in [0, 0.1) is 0 Å². The fourth-order valence-corrected chi connectivity index (χ4v) is 3.17. The molecule has 2 aromatic carbocycles. The standard InChI is InChI=1S/C19H20N4O/c1-24-18-9-5-4-8-17(18)22-10-12-23(13-11-22)19-14-20-15-6-2-3-7-16(15)21-19/h2-9,14H,10-13H2,1H3. The monoisotopic (exact) mass is 320 g/mol. The Morgan fingerprint density at radius 2 is 1.50 bits per heavy atom. The molecule has 1 saturated heterocycles. The summed E-state index contributed by atoms with van der Waals surface area (Å²) in [4.78, 5) is 13.9. The van der Waals surface area contributed by atoms with Gasteiger partial charge in [0.05, 0.1) is 30.0 Å². The lowest BCUT2D eigenvalue weighted by Gasteiger charge is -2.37. The van der Waals surface area contributed by atoms with Crippen molar-refractivity contribution in [1.82, 2.24) is 9.97 Å². The van der Waals surface area contributed by atoms with Gasteiger partial charge in [0.2, 0.25) is 0 Å². The number of anilines is 2. The molecule has 0 spiro atoms. The van der Waals surface area contributed by atoms with E-state index < -0.39 is 0 Å². The molecule has 3 aromatic rings. The maximum absolute atomic E-state index is 5.48. The van der Waals surface area contributed by atoms with E-state index in [1.807, 2.05) is 42.6 Å². The highest BCUT2D eigenvalue weighted by molar-refractivity contribution is 5.75. The van der Waals surface area contributed by atoms with Crippen molar-refractivity contribution < 1.29 is 4.74 Å². The van der Waals surface area contributed by atoms with Gasteiger partial charge in [0.15, 0.2) is 0 Å². The van der Waals surface area contributed by atoms with Crippen LogP contribution in [0.15, 0.2) is 54.7 Å². The van der Waals surface area contributed by atoms with Crippen molar-refractivity contribution >= 4 is 22.5 Å². The predicted octanol–water partition coefficient (Wildman–Crippen LogP) is 2.97. The molecule has 0 N–H and O–H groups in total. The average Bonchev–Trinajstić information content (AvgIpc) is 2.67. The van der Waals surface area contributed by atoms with Gasteiger partial charge in [-0.25, -0.2) is 4.98 Å². The van der Waals surface area contributed by atoms with Crippen LogP contribution < -0.4 is 14.5 Å². The Bertz CT molecular complexity index is 843. The van der Waals surface area contributed by atoms with E-state index in [1.54, 1.807) is 7.11 Å². The summed E-state index contributed by atoms with van der Waals surface area (Å²) in [5.41, 5.74) is 3.04. The number of hydrogen-bond acceptors (Lipinski definition) is 5. The normalized spacial score (nSPS) is 14.9. The first kappa shape index (κ1) is 14.8. The maximum atomic E-state index is 5.48. The molecule has 0 aliphatic carbocycles. The van der Waals surface area contributed by atoms with Crippen molar-refractivity contribution in [3.8, 4) is 5.75 Å². The molecule has 1 fully saturated rings. The predicted molar refractivity (Wildman–Crippen MR) is 97.0 cm³/mol. The fourth-order valence-electron chi connectivity index (χ4n) is 3.17. The minimum Gasteiger partial charge on any atom is -0.495 e. The Balaban J connectivity index is 1.51. The van der Waals surface area contributed by atoms with Crippen LogP contribution in [-0.4, -0.2) is 43.3 Å². The summed E-state index contributed by atoms with van der Waals surface area (Å²) in [7, 11) is 1.72. The Morgan fingerprint density at radius 3 is 2.29 bits per heavy atom. The molecular weight excluding hydrogens is 300 g/mol. The fraction of sp³-hybridized carbons (Fsp3) is 0.263. The van der Waals surface area contributed by atoms with Crippen molar-refractivity contribution in [2.45, 2.75) is 0 Å². The first-order valence-electron chi connectivity index (χ1n) is 8.20. The highest BCUT2D eigenvalue weighted by Crippen LogP contribution is 2.29. The molecule has 0 bridgehead atoms. The molecule has 1 aliphatic rings. The van der Waals surface area contributed by atoms with Crippen LogP contribution in [-0.2, 0) is 0 Å². The topological polar surface area (TPSA) is 41.5 Å². The van der Waals surface area contributed by atoms with Crippen LogP contribution in [0.3, 0.4) is 0 Å². The van der Waals surface area contributed by atoms with Gasteiger partial charge >= 0.3 is 0 Å². The number of piperazine rings is 1. The highest BCUT2D eigenvalue weighted by atomic mass is 16.5. The van der Waals surface area contributed by atoms with Crippen molar-refractivity contribution in [3.05, 3.63) is 54.7 Å². The summed E-state index contributed by atoms with van der Waals surface area (Å²) >= 11 is 0. The van der Waals surface area contributed by atoms with Crippen LogP contribution >= 0.6 is 0 Å². The van der Waals surface area contributed by atoms with E-state index >= 15 is 0 Å². The quantitative estimate of drug-likeness (QED) is 0.742. The third-order valence-electron chi connectivity index (χ3n) is 4.47. The lowest BCUT2D eigenvalue weighted by molar-refractivity contribution is 0.413. The van der Waals surface area contributed by atoms with Crippen LogP contribution in [0.1, 0.15) is 0 Å². The molecule has 5 heteroatoms. The zero-order valence-corrected chi connectivity index (χ0v) is 13.7. The highest BCUT2D eigenvalue weighted by Gasteiger charge is 2.20. The third kappa shape index (κ3) is 2.73. The second-order valence-corrected chi connectivity index (χ2v) is 5.86. The SMILES string of the molecule is COc1ccccc1N1CCN(c2cnc3ccccc3n2)CC1. The van der Waals surface area contributed by atoms with Crippen LogP contribution in [0.5, 0.6) is 5.75 Å². The van der Waals surface area contributed by atoms with Gasteiger partial charge in [-0.15, -0.1) is 0 Å². The average molecular weight is 320 g/mol. The van der Waals surface area contributed by atoms with Crippen molar-refractivity contribution in [2.24, 2.45) is 0 Å². The Labute approximate surface area is 141 Å². The van der Waals surface area contributed by atoms with E-state index in [2.05, 4.69) is 26.9 Å². The lowest BCUT2D eigenvalue weighted by Crippen LogP contribution is -2.47. The maximum Gasteiger partial charge on any atom is 0.147 e. The molecule has 24 heavy (non-hydrogen) atoms. The van der Waals surface area contributed by atoms with Gasteiger partial charge < -0.3 is 14.5 Å². The molecule has 1 aromatic heterocycles. The van der Waals surface area contributed by atoms with Crippen LogP contribution in [0.25, 0.3) is 11.0 Å². The Hall–Kier alpha value is -2.82. The van der Waals surface area contributed by atoms with Crippen molar-refractivity contribution in [3.63, 3.8) is 0 Å². The minimum absolute atomic E-state index is 0.922. The molecule has 2 heterocycles.